The Balaban J connectivity index is 1.35. The van der Waals surface area contributed by atoms with Crippen molar-refractivity contribution in [1.29, 1.82) is 0 Å². The zero-order valence-electron chi connectivity index (χ0n) is 30.5. The predicted molar refractivity (Wildman–Crippen MR) is 201 cm³/mol. The van der Waals surface area contributed by atoms with Gasteiger partial charge in [-0.1, -0.05) is 82.9 Å². The number of sulfone groups is 1. The molecule has 1 N–H and O–H groups in total. The molecule has 3 aromatic carbocycles. The number of aliphatic hydroxyl groups excluding tert-OH is 1. The third kappa shape index (κ3) is 9.07. The summed E-state index contributed by atoms with van der Waals surface area (Å²) in [7, 11) is 0.283. The maximum atomic E-state index is 14.1. The zero-order chi connectivity index (χ0) is 35.0. The van der Waals surface area contributed by atoms with E-state index in [9.17, 15) is 13.5 Å². The van der Waals surface area contributed by atoms with Crippen LogP contribution in [0.25, 0.3) is 0 Å². The van der Waals surface area contributed by atoms with E-state index in [1.54, 1.807) is 6.07 Å². The molecule has 2 heterocycles. The summed E-state index contributed by atoms with van der Waals surface area (Å²) in [5, 5.41) is 12.4. The highest BCUT2D eigenvalue weighted by molar-refractivity contribution is 7.91. The first-order chi connectivity index (χ1) is 23.6. The number of anilines is 1. The van der Waals surface area contributed by atoms with Crippen molar-refractivity contribution in [3.8, 4) is 5.75 Å². The molecule has 0 bridgehead atoms. The van der Waals surface area contributed by atoms with Gasteiger partial charge >= 0.3 is 0 Å². The molecule has 2 aliphatic rings. The highest BCUT2D eigenvalue weighted by Gasteiger charge is 2.49. The molecular formula is C41H59N3O4S. The van der Waals surface area contributed by atoms with E-state index in [0.29, 0.717) is 29.9 Å². The molecule has 2 atom stereocenters. The van der Waals surface area contributed by atoms with E-state index >= 15 is 0 Å². The molecule has 0 spiro atoms. The van der Waals surface area contributed by atoms with E-state index in [1.807, 2.05) is 55.4 Å². The van der Waals surface area contributed by atoms with Crippen LogP contribution in [-0.2, 0) is 23.0 Å². The van der Waals surface area contributed by atoms with Crippen LogP contribution in [0.2, 0.25) is 0 Å². The fourth-order valence-corrected chi connectivity index (χ4v) is 10.0. The zero-order valence-corrected chi connectivity index (χ0v) is 31.4. The minimum atomic E-state index is -3.63. The van der Waals surface area contributed by atoms with Gasteiger partial charge < -0.3 is 19.6 Å². The number of piperazine rings is 1. The summed E-state index contributed by atoms with van der Waals surface area (Å²) in [4.78, 5) is 7.43. The normalized spacial score (nSPS) is 20.8. The maximum absolute atomic E-state index is 14.1. The van der Waals surface area contributed by atoms with Crippen LogP contribution in [-0.4, -0.2) is 82.0 Å². The molecule has 0 amide bonds. The average molecular weight is 690 g/mol. The molecule has 8 heteroatoms. The molecule has 2 aliphatic heterocycles. The van der Waals surface area contributed by atoms with Gasteiger partial charge in [0.15, 0.2) is 9.84 Å². The third-order valence-electron chi connectivity index (χ3n) is 10.7. The quantitative estimate of drug-likeness (QED) is 0.177. The molecule has 3 aromatic rings. The molecule has 1 fully saturated rings. The Labute approximate surface area is 296 Å². The number of hydrogen-bond donors (Lipinski definition) is 1. The van der Waals surface area contributed by atoms with Gasteiger partial charge in [-0.25, -0.2) is 8.42 Å². The topological polar surface area (TPSA) is 73.3 Å². The molecule has 5 rings (SSSR count). The summed E-state index contributed by atoms with van der Waals surface area (Å²) in [5.41, 5.74) is 4.23. The Kier molecular flexibility index (Phi) is 12.9. The van der Waals surface area contributed by atoms with Gasteiger partial charge in [0.25, 0.3) is 0 Å². The minimum absolute atomic E-state index is 0.0262. The number of fused-ring (bicyclic) bond motifs is 1. The van der Waals surface area contributed by atoms with Gasteiger partial charge in [-0.3, -0.25) is 4.90 Å². The number of unbranched alkanes of at least 4 members (excludes halogenated alkanes) is 2. The number of benzene rings is 3. The van der Waals surface area contributed by atoms with Gasteiger partial charge in [0.2, 0.25) is 0 Å². The van der Waals surface area contributed by atoms with Crippen LogP contribution in [0.4, 0.5) is 5.69 Å². The lowest BCUT2D eigenvalue weighted by Crippen LogP contribution is -2.45. The molecule has 7 nitrogen and oxygen atoms in total. The molecule has 49 heavy (non-hydrogen) atoms. The molecule has 0 saturated carbocycles. The molecule has 0 aromatic heterocycles. The van der Waals surface area contributed by atoms with Crippen molar-refractivity contribution in [2.24, 2.45) is 5.41 Å². The first-order valence-corrected chi connectivity index (χ1v) is 20.2. The number of ether oxygens (including phenoxy) is 1. The lowest BCUT2D eigenvalue weighted by molar-refractivity contribution is 0.0127. The summed E-state index contributed by atoms with van der Waals surface area (Å²) in [6.45, 7) is 13.7. The Morgan fingerprint density at radius 2 is 1.43 bits per heavy atom. The van der Waals surface area contributed by atoms with Crippen LogP contribution < -0.4 is 9.64 Å². The van der Waals surface area contributed by atoms with Crippen molar-refractivity contribution >= 4 is 15.5 Å². The van der Waals surface area contributed by atoms with Crippen LogP contribution in [0.5, 0.6) is 5.75 Å². The number of nitrogens with zero attached hydrogens (tertiary/aromatic N) is 3. The number of aliphatic hydroxyl groups is 1. The first kappa shape index (κ1) is 37.3. The van der Waals surface area contributed by atoms with Gasteiger partial charge in [0.1, 0.15) is 12.4 Å². The summed E-state index contributed by atoms with van der Waals surface area (Å²) in [6.07, 6.45) is 5.41. The van der Waals surface area contributed by atoms with E-state index in [2.05, 4.69) is 54.8 Å². The minimum Gasteiger partial charge on any atom is -0.489 e. The standard InChI is InChI=1S/C41H59N3O4S/c1-6-9-21-41(22-10-7-2)31-49(46,47)38-20-17-35(42(4)5)28-37(38)39(40(41)45)34-15-18-36(19-16-34)48-30-33-13-11-32(12-14-33)29-44-26-24-43(23-8-3)25-27-44/h11-20,28,39-40,45H,6-10,21-27,29-31H2,1-5H3/t39-,40-/m1/s1. The monoisotopic (exact) mass is 689 g/mol. The van der Waals surface area contributed by atoms with E-state index in [0.717, 1.165) is 81.0 Å². The summed E-state index contributed by atoms with van der Waals surface area (Å²) < 4.78 is 34.5. The van der Waals surface area contributed by atoms with Crippen LogP contribution in [0, 0.1) is 5.41 Å². The van der Waals surface area contributed by atoms with Gasteiger partial charge in [-0.05, 0) is 78.4 Å². The average Bonchev–Trinajstić information content (AvgIpc) is 3.17. The summed E-state index contributed by atoms with van der Waals surface area (Å²) >= 11 is 0. The lowest BCUT2D eigenvalue weighted by atomic mass is 9.68. The smallest absolute Gasteiger partial charge is 0.179 e. The van der Waals surface area contributed by atoms with E-state index in [4.69, 9.17) is 4.74 Å². The summed E-state index contributed by atoms with van der Waals surface area (Å²) in [6, 6.07) is 22.3. The van der Waals surface area contributed by atoms with Crippen molar-refractivity contribution in [3.05, 3.63) is 89.0 Å². The maximum Gasteiger partial charge on any atom is 0.179 e. The van der Waals surface area contributed by atoms with Crippen LogP contribution >= 0.6 is 0 Å². The van der Waals surface area contributed by atoms with Gasteiger partial charge in [0.05, 0.1) is 16.8 Å². The van der Waals surface area contributed by atoms with E-state index < -0.39 is 27.3 Å². The van der Waals surface area contributed by atoms with Gasteiger partial charge in [0, 0.05) is 63.8 Å². The second-order valence-corrected chi connectivity index (χ2v) is 16.6. The third-order valence-corrected chi connectivity index (χ3v) is 12.7. The highest BCUT2D eigenvalue weighted by atomic mass is 32.2. The van der Waals surface area contributed by atoms with Crippen LogP contribution in [0.3, 0.4) is 0 Å². The second-order valence-electron chi connectivity index (χ2n) is 14.7. The van der Waals surface area contributed by atoms with E-state index in [-0.39, 0.29) is 5.75 Å². The second kappa shape index (κ2) is 16.9. The van der Waals surface area contributed by atoms with Gasteiger partial charge in [-0.15, -0.1) is 0 Å². The highest BCUT2D eigenvalue weighted by Crippen LogP contribution is 2.50. The Morgan fingerprint density at radius 3 is 2.02 bits per heavy atom. The molecule has 268 valence electrons. The number of hydrogen-bond acceptors (Lipinski definition) is 7. The summed E-state index contributed by atoms with van der Waals surface area (Å²) in [5.74, 6) is 0.248. The molecule has 0 aliphatic carbocycles. The Morgan fingerprint density at radius 1 is 0.816 bits per heavy atom. The van der Waals surface area contributed by atoms with Crippen molar-refractivity contribution in [1.82, 2.24) is 9.80 Å². The predicted octanol–water partition coefficient (Wildman–Crippen LogP) is 7.51. The fourth-order valence-electron chi connectivity index (χ4n) is 7.81. The Hall–Kier alpha value is -2.91. The molecular weight excluding hydrogens is 631 g/mol. The number of rotatable bonds is 15. The first-order valence-electron chi connectivity index (χ1n) is 18.6. The van der Waals surface area contributed by atoms with E-state index in [1.165, 1.54) is 18.5 Å². The van der Waals surface area contributed by atoms with Crippen molar-refractivity contribution in [2.75, 3.05) is 57.5 Å². The lowest BCUT2D eigenvalue weighted by Gasteiger charge is -2.40. The van der Waals surface area contributed by atoms with Gasteiger partial charge in [-0.2, -0.15) is 0 Å². The fraction of sp³-hybridized carbons (Fsp3) is 0.561. The largest absolute Gasteiger partial charge is 0.489 e. The van der Waals surface area contributed by atoms with Crippen molar-refractivity contribution < 1.29 is 18.3 Å². The van der Waals surface area contributed by atoms with Crippen LogP contribution in [0.15, 0.2) is 71.6 Å². The molecule has 1 saturated heterocycles. The Bertz CT molecular complexity index is 1570. The molecule has 0 unspecified atom stereocenters. The SMILES string of the molecule is CCCCC1(CCCC)CS(=O)(=O)c2ccc(N(C)C)cc2[C@@H](c2ccc(OCc3ccc(CN4CCN(CCC)CC4)cc3)cc2)[C@H]1O. The van der Waals surface area contributed by atoms with Crippen LogP contribution in [0.1, 0.15) is 93.9 Å². The molecule has 0 radical (unpaired) electrons. The van der Waals surface area contributed by atoms with Crippen molar-refractivity contribution in [2.45, 2.75) is 95.8 Å². The van der Waals surface area contributed by atoms with Crippen molar-refractivity contribution in [3.63, 3.8) is 0 Å².